The predicted molar refractivity (Wildman–Crippen MR) is 107 cm³/mol. The van der Waals surface area contributed by atoms with Crippen LogP contribution in [0.2, 0.25) is 10.0 Å². The average molecular weight is 408 g/mol. The van der Waals surface area contributed by atoms with Crippen molar-refractivity contribution in [2.75, 3.05) is 5.09 Å². The standard InChI is InChI=1S/C19H16Cl2NO3P/c1-14-3-2-4-17(13-14)22-26(23,24-18-9-5-15(20)6-10-18)25-19-11-7-16(21)8-12-19/h2-13H,1H3,(H,22,23). The zero-order valence-electron chi connectivity index (χ0n) is 13.9. The lowest BCUT2D eigenvalue weighted by Gasteiger charge is -2.21. The van der Waals surface area contributed by atoms with Crippen molar-refractivity contribution in [1.82, 2.24) is 0 Å². The first-order valence-corrected chi connectivity index (χ1v) is 10.1. The van der Waals surface area contributed by atoms with E-state index in [9.17, 15) is 4.57 Å². The van der Waals surface area contributed by atoms with Gasteiger partial charge in [0.1, 0.15) is 11.5 Å². The number of hydrogen-bond acceptors (Lipinski definition) is 3. The molecule has 26 heavy (non-hydrogen) atoms. The summed E-state index contributed by atoms with van der Waals surface area (Å²) in [6, 6.07) is 20.5. The molecule has 0 aliphatic carbocycles. The van der Waals surface area contributed by atoms with Crippen LogP contribution in [0.4, 0.5) is 5.69 Å². The van der Waals surface area contributed by atoms with Gasteiger partial charge < -0.3 is 9.05 Å². The topological polar surface area (TPSA) is 47.6 Å². The molecule has 3 aromatic rings. The fraction of sp³-hybridized carbons (Fsp3) is 0.0526. The van der Waals surface area contributed by atoms with Crippen LogP contribution in [0, 0.1) is 6.92 Å². The number of halogens is 2. The van der Waals surface area contributed by atoms with Crippen LogP contribution in [0.25, 0.3) is 0 Å². The lowest BCUT2D eigenvalue weighted by atomic mass is 10.2. The molecule has 0 bridgehead atoms. The first-order chi connectivity index (χ1) is 12.4. The number of anilines is 1. The Hall–Kier alpha value is -2.13. The Kier molecular flexibility index (Phi) is 5.77. The van der Waals surface area contributed by atoms with Gasteiger partial charge in [-0.15, -0.1) is 0 Å². The molecule has 3 aromatic carbocycles. The van der Waals surface area contributed by atoms with Gasteiger partial charge in [0.2, 0.25) is 0 Å². The van der Waals surface area contributed by atoms with E-state index in [1.54, 1.807) is 54.6 Å². The molecule has 0 saturated carbocycles. The molecule has 0 unspecified atom stereocenters. The quantitative estimate of drug-likeness (QED) is 0.447. The highest BCUT2D eigenvalue weighted by Gasteiger charge is 2.29. The van der Waals surface area contributed by atoms with Crippen molar-refractivity contribution >= 4 is 36.6 Å². The molecular formula is C19H16Cl2NO3P. The summed E-state index contributed by atoms with van der Waals surface area (Å²) in [5.41, 5.74) is 1.63. The van der Waals surface area contributed by atoms with Crippen LogP contribution >= 0.6 is 30.9 Å². The van der Waals surface area contributed by atoms with Gasteiger partial charge in [-0.2, -0.15) is 0 Å². The van der Waals surface area contributed by atoms with Crippen LogP contribution < -0.4 is 14.1 Å². The van der Waals surface area contributed by atoms with E-state index in [4.69, 9.17) is 32.2 Å². The van der Waals surface area contributed by atoms with Gasteiger partial charge >= 0.3 is 7.75 Å². The smallest absolute Gasteiger partial charge is 0.400 e. The molecule has 7 heteroatoms. The fourth-order valence-electron chi connectivity index (χ4n) is 2.21. The Morgan fingerprint density at radius 1 is 0.808 bits per heavy atom. The molecule has 0 aromatic heterocycles. The Labute approximate surface area is 162 Å². The minimum atomic E-state index is -3.77. The third-order valence-corrected chi connectivity index (χ3v) is 5.30. The van der Waals surface area contributed by atoms with Crippen LogP contribution in [0.15, 0.2) is 72.8 Å². The normalized spacial score (nSPS) is 11.0. The van der Waals surface area contributed by atoms with Crippen molar-refractivity contribution in [2.45, 2.75) is 6.92 Å². The van der Waals surface area contributed by atoms with Gasteiger partial charge in [0.15, 0.2) is 0 Å². The first-order valence-electron chi connectivity index (χ1n) is 7.77. The predicted octanol–water partition coefficient (Wildman–Crippen LogP) is 6.98. The van der Waals surface area contributed by atoms with Gasteiger partial charge in [-0.3, -0.25) is 5.09 Å². The molecule has 0 amide bonds. The van der Waals surface area contributed by atoms with E-state index in [0.717, 1.165) is 5.56 Å². The van der Waals surface area contributed by atoms with Crippen molar-refractivity contribution in [3.8, 4) is 11.5 Å². The van der Waals surface area contributed by atoms with E-state index in [-0.39, 0.29) is 0 Å². The minimum Gasteiger partial charge on any atom is -0.400 e. The zero-order chi connectivity index (χ0) is 18.6. The summed E-state index contributed by atoms with van der Waals surface area (Å²) in [5, 5.41) is 3.97. The van der Waals surface area contributed by atoms with Crippen molar-refractivity contribution in [1.29, 1.82) is 0 Å². The summed E-state index contributed by atoms with van der Waals surface area (Å²) in [7, 11) is -3.77. The number of rotatable bonds is 6. The highest BCUT2D eigenvalue weighted by molar-refractivity contribution is 7.56. The van der Waals surface area contributed by atoms with Crippen molar-refractivity contribution in [2.24, 2.45) is 0 Å². The SMILES string of the molecule is Cc1cccc(NP(=O)(Oc2ccc(Cl)cc2)Oc2ccc(Cl)cc2)c1. The van der Waals surface area contributed by atoms with Crippen LogP contribution in [0.5, 0.6) is 11.5 Å². The van der Waals surface area contributed by atoms with Crippen molar-refractivity contribution in [3.63, 3.8) is 0 Å². The highest BCUT2D eigenvalue weighted by Crippen LogP contribution is 2.48. The molecule has 0 atom stereocenters. The summed E-state index contributed by atoms with van der Waals surface area (Å²) in [6.45, 7) is 1.94. The lowest BCUT2D eigenvalue weighted by Crippen LogP contribution is -2.10. The molecule has 0 spiro atoms. The van der Waals surface area contributed by atoms with E-state index in [1.165, 1.54) is 0 Å². The van der Waals surface area contributed by atoms with Crippen LogP contribution in [0.1, 0.15) is 5.56 Å². The summed E-state index contributed by atoms with van der Waals surface area (Å²) >= 11 is 11.8. The largest absolute Gasteiger partial charge is 0.541 e. The van der Waals surface area contributed by atoms with Gasteiger partial charge in [-0.25, -0.2) is 4.57 Å². The molecule has 3 rings (SSSR count). The number of aryl methyl sites for hydroxylation is 1. The molecule has 1 N–H and O–H groups in total. The second kappa shape index (κ2) is 8.05. The molecule has 0 saturated heterocycles. The molecular weight excluding hydrogens is 392 g/mol. The minimum absolute atomic E-state index is 0.367. The first kappa shape index (κ1) is 18.7. The second-order valence-electron chi connectivity index (χ2n) is 5.57. The molecule has 4 nitrogen and oxygen atoms in total. The summed E-state index contributed by atoms with van der Waals surface area (Å²) in [4.78, 5) is 0. The van der Waals surface area contributed by atoms with Crippen LogP contribution in [-0.4, -0.2) is 0 Å². The van der Waals surface area contributed by atoms with Crippen molar-refractivity contribution in [3.05, 3.63) is 88.4 Å². The summed E-state index contributed by atoms with van der Waals surface area (Å²) in [5.74, 6) is 0.735. The van der Waals surface area contributed by atoms with Gasteiger partial charge in [-0.1, -0.05) is 35.3 Å². The Bertz CT molecular complexity index is 879. The maximum Gasteiger partial charge on any atom is 0.541 e. The molecule has 0 heterocycles. The average Bonchev–Trinajstić information content (AvgIpc) is 2.59. The summed E-state index contributed by atoms with van der Waals surface area (Å²) in [6.07, 6.45) is 0. The van der Waals surface area contributed by atoms with Crippen LogP contribution in [0.3, 0.4) is 0 Å². The van der Waals surface area contributed by atoms with E-state index in [2.05, 4.69) is 5.09 Å². The Morgan fingerprint density at radius 3 is 1.77 bits per heavy atom. The molecule has 0 aliphatic rings. The number of benzene rings is 3. The van der Waals surface area contributed by atoms with E-state index >= 15 is 0 Å². The molecule has 134 valence electrons. The van der Waals surface area contributed by atoms with E-state index in [1.807, 2.05) is 25.1 Å². The Balaban J connectivity index is 1.89. The van der Waals surface area contributed by atoms with Gasteiger partial charge in [-0.05, 0) is 73.2 Å². The molecule has 0 fully saturated rings. The molecule has 0 aliphatic heterocycles. The lowest BCUT2D eigenvalue weighted by molar-refractivity contribution is 0.393. The van der Waals surface area contributed by atoms with Gasteiger partial charge in [0.25, 0.3) is 0 Å². The monoisotopic (exact) mass is 407 g/mol. The summed E-state index contributed by atoms with van der Waals surface area (Å²) < 4.78 is 24.7. The van der Waals surface area contributed by atoms with E-state index in [0.29, 0.717) is 27.2 Å². The number of hydrogen-bond donors (Lipinski definition) is 1. The maximum atomic E-state index is 13.4. The van der Waals surface area contributed by atoms with E-state index < -0.39 is 7.75 Å². The number of nitrogens with one attached hydrogen (secondary N) is 1. The second-order valence-corrected chi connectivity index (χ2v) is 8.03. The van der Waals surface area contributed by atoms with Crippen molar-refractivity contribution < 1.29 is 13.6 Å². The van der Waals surface area contributed by atoms with Crippen LogP contribution in [-0.2, 0) is 4.57 Å². The van der Waals surface area contributed by atoms with Gasteiger partial charge in [0.05, 0.1) is 0 Å². The highest BCUT2D eigenvalue weighted by atomic mass is 35.5. The fourth-order valence-corrected chi connectivity index (χ4v) is 3.84. The molecule has 0 radical (unpaired) electrons. The maximum absolute atomic E-state index is 13.4. The Morgan fingerprint density at radius 2 is 1.31 bits per heavy atom. The third kappa shape index (κ3) is 5.18. The zero-order valence-corrected chi connectivity index (χ0v) is 16.3. The third-order valence-electron chi connectivity index (χ3n) is 3.36. The van der Waals surface area contributed by atoms with Gasteiger partial charge in [0, 0.05) is 15.7 Å².